The van der Waals surface area contributed by atoms with E-state index in [4.69, 9.17) is 0 Å². The van der Waals surface area contributed by atoms with Gasteiger partial charge in [-0.15, -0.1) is 11.3 Å². The number of rotatable bonds is 4. The van der Waals surface area contributed by atoms with Crippen LogP contribution in [0.2, 0.25) is 0 Å². The Bertz CT molecular complexity index is 2230. The first-order valence-corrected chi connectivity index (χ1v) is 15.2. The molecule has 1 aliphatic carbocycles. The highest BCUT2D eigenvalue weighted by molar-refractivity contribution is 7.25. The molecule has 42 heavy (non-hydrogen) atoms. The number of nitrogens with zero attached hydrogens (tertiary/aromatic N) is 1. The number of para-hydroxylation sites is 2. The zero-order valence-electron chi connectivity index (χ0n) is 22.8. The Balaban J connectivity index is 1.23. The van der Waals surface area contributed by atoms with E-state index in [2.05, 4.69) is 157 Å². The van der Waals surface area contributed by atoms with E-state index in [-0.39, 0.29) is 0 Å². The van der Waals surface area contributed by atoms with Crippen LogP contribution in [0, 0.1) is 0 Å². The molecule has 0 unspecified atom stereocenters. The molecule has 0 fully saturated rings. The van der Waals surface area contributed by atoms with Gasteiger partial charge in [-0.3, -0.25) is 0 Å². The van der Waals surface area contributed by atoms with Crippen molar-refractivity contribution >= 4 is 59.3 Å². The third kappa shape index (κ3) is 3.49. The average Bonchev–Trinajstić information content (AvgIpc) is 3.59. The van der Waals surface area contributed by atoms with Crippen molar-refractivity contribution in [1.82, 2.24) is 0 Å². The van der Waals surface area contributed by atoms with Gasteiger partial charge in [0.2, 0.25) is 0 Å². The summed E-state index contributed by atoms with van der Waals surface area (Å²) in [6.45, 7) is 0. The zero-order chi connectivity index (χ0) is 27.6. The fourth-order valence-corrected chi connectivity index (χ4v) is 7.80. The first-order chi connectivity index (χ1) is 20.8. The minimum absolute atomic E-state index is 1.15. The van der Waals surface area contributed by atoms with Crippen LogP contribution in [0.1, 0.15) is 0 Å². The maximum Gasteiger partial charge on any atom is 0.0468 e. The summed E-state index contributed by atoms with van der Waals surface area (Å²) >= 11 is 1.87. The van der Waals surface area contributed by atoms with Crippen molar-refractivity contribution in [2.24, 2.45) is 0 Å². The van der Waals surface area contributed by atoms with Gasteiger partial charge in [0.15, 0.2) is 0 Å². The van der Waals surface area contributed by atoms with Gasteiger partial charge in [-0.05, 0) is 98.8 Å². The smallest absolute Gasteiger partial charge is 0.0468 e. The van der Waals surface area contributed by atoms with Crippen molar-refractivity contribution in [3.63, 3.8) is 0 Å². The maximum atomic E-state index is 2.40. The number of hydrogen-bond donors (Lipinski definition) is 0. The van der Waals surface area contributed by atoms with Crippen LogP contribution in [0.4, 0.5) is 17.1 Å². The molecule has 0 saturated carbocycles. The van der Waals surface area contributed by atoms with Crippen molar-refractivity contribution in [1.29, 1.82) is 0 Å². The van der Waals surface area contributed by atoms with E-state index in [9.17, 15) is 0 Å². The van der Waals surface area contributed by atoms with Gasteiger partial charge in [-0.1, -0.05) is 97.1 Å². The fourth-order valence-electron chi connectivity index (χ4n) is 6.73. The quantitative estimate of drug-likeness (QED) is 0.210. The Morgan fingerprint density at radius 1 is 0.357 bits per heavy atom. The van der Waals surface area contributed by atoms with Gasteiger partial charge in [0.1, 0.15) is 0 Å². The second kappa shape index (κ2) is 9.17. The maximum absolute atomic E-state index is 2.40. The minimum atomic E-state index is 1.15. The second-order valence-corrected chi connectivity index (χ2v) is 12.0. The first-order valence-electron chi connectivity index (χ1n) is 14.4. The summed E-state index contributed by atoms with van der Waals surface area (Å²) < 4.78 is 2.62. The first kappa shape index (κ1) is 23.5. The Hall–Kier alpha value is -5.18. The lowest BCUT2D eigenvalue weighted by atomic mass is 9.93. The molecule has 0 atom stereocenters. The van der Waals surface area contributed by atoms with Crippen molar-refractivity contribution in [3.05, 3.63) is 152 Å². The van der Waals surface area contributed by atoms with Gasteiger partial charge in [0.05, 0.1) is 0 Å². The molecule has 0 saturated heterocycles. The molecule has 1 aromatic heterocycles. The summed E-state index contributed by atoms with van der Waals surface area (Å²) in [5.41, 5.74) is 11.4. The highest BCUT2D eigenvalue weighted by Crippen LogP contribution is 2.49. The summed E-state index contributed by atoms with van der Waals surface area (Å²) in [4.78, 5) is 2.34. The molecule has 9 rings (SSSR count). The normalized spacial score (nSPS) is 11.8. The van der Waals surface area contributed by atoms with Crippen LogP contribution in [0.3, 0.4) is 0 Å². The number of thiophene rings is 1. The van der Waals surface area contributed by atoms with Crippen molar-refractivity contribution in [2.75, 3.05) is 4.90 Å². The molecule has 8 aromatic rings. The van der Waals surface area contributed by atoms with Gasteiger partial charge >= 0.3 is 0 Å². The summed E-state index contributed by atoms with van der Waals surface area (Å²) in [6, 6.07) is 55.3. The van der Waals surface area contributed by atoms with E-state index in [0.717, 1.165) is 17.1 Å². The summed E-state index contributed by atoms with van der Waals surface area (Å²) in [5.74, 6) is 0. The molecule has 0 spiro atoms. The summed E-state index contributed by atoms with van der Waals surface area (Å²) in [7, 11) is 0. The Kier molecular flexibility index (Phi) is 5.13. The summed E-state index contributed by atoms with van der Waals surface area (Å²) in [6.07, 6.45) is 0. The van der Waals surface area contributed by atoms with Crippen LogP contribution in [-0.2, 0) is 0 Å². The molecule has 2 heteroatoms. The largest absolute Gasteiger partial charge is 0.310 e. The van der Waals surface area contributed by atoms with Crippen molar-refractivity contribution in [2.45, 2.75) is 0 Å². The second-order valence-electron chi connectivity index (χ2n) is 10.9. The lowest BCUT2D eigenvalue weighted by Crippen LogP contribution is -2.09. The highest BCUT2D eigenvalue weighted by atomic mass is 32.1. The molecule has 196 valence electrons. The topological polar surface area (TPSA) is 3.24 Å². The van der Waals surface area contributed by atoms with E-state index in [1.807, 2.05) is 11.3 Å². The van der Waals surface area contributed by atoms with Crippen LogP contribution in [0.5, 0.6) is 0 Å². The highest BCUT2D eigenvalue weighted by Gasteiger charge is 2.22. The molecule has 0 radical (unpaired) electrons. The Morgan fingerprint density at radius 2 is 0.929 bits per heavy atom. The third-order valence-electron chi connectivity index (χ3n) is 8.60. The molecule has 0 amide bonds. The van der Waals surface area contributed by atoms with Crippen molar-refractivity contribution in [3.8, 4) is 33.4 Å². The lowest BCUT2D eigenvalue weighted by Gasteiger charge is -2.25. The lowest BCUT2D eigenvalue weighted by molar-refractivity contribution is 1.29. The number of anilines is 3. The molecule has 0 aliphatic heterocycles. The molecule has 1 nitrogen and oxygen atoms in total. The monoisotopic (exact) mass is 551 g/mol. The van der Waals surface area contributed by atoms with Crippen LogP contribution in [0.15, 0.2) is 152 Å². The molecule has 1 heterocycles. The molecule has 0 bridgehead atoms. The molecular formula is C40H25NS. The minimum Gasteiger partial charge on any atom is -0.310 e. The van der Waals surface area contributed by atoms with Gasteiger partial charge in [0.25, 0.3) is 0 Å². The number of hydrogen-bond acceptors (Lipinski definition) is 2. The van der Waals surface area contributed by atoms with E-state index >= 15 is 0 Å². The third-order valence-corrected chi connectivity index (χ3v) is 9.75. The number of fused-ring (bicyclic) bond motifs is 6. The van der Waals surface area contributed by atoms with Gasteiger partial charge in [-0.25, -0.2) is 0 Å². The van der Waals surface area contributed by atoms with Gasteiger partial charge in [-0.2, -0.15) is 0 Å². The molecule has 1 aliphatic rings. The van der Waals surface area contributed by atoms with Crippen LogP contribution >= 0.6 is 11.3 Å². The number of benzene rings is 7. The van der Waals surface area contributed by atoms with Crippen LogP contribution in [0.25, 0.3) is 64.3 Å². The van der Waals surface area contributed by atoms with Gasteiger partial charge < -0.3 is 4.90 Å². The Morgan fingerprint density at radius 3 is 1.64 bits per heavy atom. The average molecular weight is 552 g/mol. The SMILES string of the molecule is c1ccc(N(c2ccccc2)c2ccc3sc4ccc(-c5ccc6c7c(cccc57)-c5ccccc5-6)cc4c3c2)cc1. The van der Waals surface area contributed by atoms with E-state index in [0.29, 0.717) is 0 Å². The predicted octanol–water partition coefficient (Wildman–Crippen LogP) is 12.0. The standard InChI is InChI=1S/C40H25NS/c1-3-10-27(11-4-1)41(28-12-5-2-6-13-28)29-19-23-39-37(25-29)36-24-26(18-22-38(36)42-39)30-20-21-35-32-15-8-7-14-31(32)34-17-9-16-33(30)40(34)35/h1-25H. The molecular weight excluding hydrogens is 527 g/mol. The zero-order valence-corrected chi connectivity index (χ0v) is 23.6. The molecule has 7 aromatic carbocycles. The molecule has 0 N–H and O–H groups in total. The van der Waals surface area contributed by atoms with E-state index in [1.165, 1.54) is 64.3 Å². The fraction of sp³-hybridized carbons (Fsp3) is 0. The predicted molar refractivity (Wildman–Crippen MR) is 181 cm³/mol. The van der Waals surface area contributed by atoms with Crippen LogP contribution in [-0.4, -0.2) is 0 Å². The van der Waals surface area contributed by atoms with Gasteiger partial charge in [0, 0.05) is 37.2 Å². The summed E-state index contributed by atoms with van der Waals surface area (Å²) in [5, 5.41) is 5.29. The van der Waals surface area contributed by atoms with E-state index < -0.39 is 0 Å². The van der Waals surface area contributed by atoms with Crippen LogP contribution < -0.4 is 4.90 Å². The van der Waals surface area contributed by atoms with E-state index in [1.54, 1.807) is 0 Å². The Labute approximate surface area is 248 Å². The van der Waals surface area contributed by atoms with Crippen molar-refractivity contribution < 1.29 is 0 Å².